The molecule has 3 nitrogen and oxygen atoms in total. The van der Waals surface area contributed by atoms with Gasteiger partial charge in [0.1, 0.15) is 17.8 Å². The van der Waals surface area contributed by atoms with Gasteiger partial charge in [0.15, 0.2) is 0 Å². The number of fused-ring (bicyclic) bond motifs is 1. The number of aryl methyl sites for hydroxylation is 1. The van der Waals surface area contributed by atoms with E-state index >= 15 is 0 Å². The average molecular weight is 378 g/mol. The Morgan fingerprint density at radius 2 is 1.75 bits per heavy atom. The first-order valence-electron chi connectivity index (χ1n) is 9.94. The number of hydrogen-bond donors (Lipinski definition) is 1. The predicted octanol–water partition coefficient (Wildman–Crippen LogP) is 5.38. The largest absolute Gasteiger partial charge is 0.484 e. The van der Waals surface area contributed by atoms with Crippen molar-refractivity contribution in [1.29, 1.82) is 0 Å². The van der Waals surface area contributed by atoms with Gasteiger partial charge < -0.3 is 10.1 Å². The quantitative estimate of drug-likeness (QED) is 0.574. The first-order chi connectivity index (χ1) is 13.7. The average Bonchev–Trinajstić information content (AvgIpc) is 3.05. The van der Waals surface area contributed by atoms with Gasteiger partial charge in [-0.25, -0.2) is 4.79 Å². The van der Waals surface area contributed by atoms with E-state index in [4.69, 9.17) is 9.53 Å². The molecule has 2 aliphatic rings. The van der Waals surface area contributed by atoms with Crippen molar-refractivity contribution >= 4 is 5.94 Å². The first-order valence-corrected chi connectivity index (χ1v) is 9.94. The molecule has 2 aliphatic carbocycles. The SMILES string of the molecule is C=C.CC=C=O.Cc1ccc(OC2c3ccccc3C[C@H]2NC2CCC2)cc1. The van der Waals surface area contributed by atoms with Gasteiger partial charge in [0.2, 0.25) is 0 Å². The van der Waals surface area contributed by atoms with E-state index in [-0.39, 0.29) is 6.10 Å². The van der Waals surface area contributed by atoms with Gasteiger partial charge in [-0.15, -0.1) is 13.2 Å². The molecule has 0 radical (unpaired) electrons. The first kappa shape index (κ1) is 21.7. The van der Waals surface area contributed by atoms with Gasteiger partial charge in [-0.1, -0.05) is 48.4 Å². The van der Waals surface area contributed by atoms with E-state index in [0.717, 1.165) is 12.2 Å². The van der Waals surface area contributed by atoms with Gasteiger partial charge in [-0.2, -0.15) is 0 Å². The molecule has 4 rings (SSSR count). The lowest BCUT2D eigenvalue weighted by Crippen LogP contribution is -2.45. The van der Waals surface area contributed by atoms with Crippen molar-refractivity contribution in [3.05, 3.63) is 84.5 Å². The highest BCUT2D eigenvalue weighted by molar-refractivity contribution is 5.43. The van der Waals surface area contributed by atoms with Crippen LogP contribution in [0.25, 0.3) is 0 Å². The number of allylic oxidation sites excluding steroid dienone is 1. The predicted molar refractivity (Wildman–Crippen MR) is 116 cm³/mol. The zero-order valence-corrected chi connectivity index (χ0v) is 17.0. The van der Waals surface area contributed by atoms with Crippen molar-refractivity contribution in [2.24, 2.45) is 0 Å². The minimum Gasteiger partial charge on any atom is -0.484 e. The lowest BCUT2D eigenvalue weighted by molar-refractivity contribution is 0.147. The number of rotatable bonds is 4. The van der Waals surface area contributed by atoms with Crippen LogP contribution in [0.5, 0.6) is 5.75 Å². The Labute approximate surface area is 169 Å². The Kier molecular flexibility index (Phi) is 8.74. The molecule has 0 aromatic heterocycles. The Balaban J connectivity index is 0.000000419. The van der Waals surface area contributed by atoms with Crippen LogP contribution >= 0.6 is 0 Å². The number of ether oxygens (including phenoxy) is 1. The molecular formula is C25H31NO2. The minimum atomic E-state index is 0.125. The maximum atomic E-state index is 8.99. The maximum absolute atomic E-state index is 8.99. The molecule has 148 valence electrons. The molecule has 0 aliphatic heterocycles. The topological polar surface area (TPSA) is 38.3 Å². The summed E-state index contributed by atoms with van der Waals surface area (Å²) in [5.41, 5.74) is 4.04. The summed E-state index contributed by atoms with van der Waals surface area (Å²) in [6, 6.07) is 18.2. The normalized spacial score (nSPS) is 19.5. The summed E-state index contributed by atoms with van der Waals surface area (Å²) in [6.45, 7) is 9.74. The summed E-state index contributed by atoms with van der Waals surface area (Å²) in [5.74, 6) is 2.52. The number of benzene rings is 2. The van der Waals surface area contributed by atoms with Gasteiger partial charge >= 0.3 is 0 Å². The Morgan fingerprint density at radius 3 is 2.32 bits per heavy atom. The fraction of sp³-hybridized carbons (Fsp3) is 0.360. The van der Waals surface area contributed by atoms with Crippen molar-refractivity contribution in [2.75, 3.05) is 0 Å². The van der Waals surface area contributed by atoms with Crippen molar-refractivity contribution in [3.8, 4) is 5.75 Å². The molecule has 1 unspecified atom stereocenters. The van der Waals surface area contributed by atoms with Crippen LogP contribution in [0.15, 0.2) is 67.8 Å². The third kappa shape index (κ3) is 5.69. The molecule has 2 aromatic carbocycles. The summed E-state index contributed by atoms with van der Waals surface area (Å²) in [5, 5.41) is 3.82. The van der Waals surface area contributed by atoms with Crippen LogP contribution in [0.3, 0.4) is 0 Å². The van der Waals surface area contributed by atoms with E-state index in [1.54, 1.807) is 12.9 Å². The van der Waals surface area contributed by atoms with Crippen molar-refractivity contribution < 1.29 is 9.53 Å². The standard InChI is InChI=1S/C20H23NO.C3H4O.C2H4/c1-14-9-11-17(12-10-14)22-20-18-8-3-2-5-15(18)13-19(20)21-16-6-4-7-16;1-2-3-4;1-2/h2-3,5,8-12,16,19-21H,4,6-7,13H2,1H3;2H,1H3;1-2H2/t19-,20?;;/m1../s1. The van der Waals surface area contributed by atoms with Crippen molar-refractivity contribution in [3.63, 3.8) is 0 Å². The van der Waals surface area contributed by atoms with E-state index in [0.29, 0.717) is 12.1 Å². The molecule has 0 bridgehead atoms. The van der Waals surface area contributed by atoms with Crippen LogP contribution in [-0.4, -0.2) is 18.0 Å². The zero-order valence-electron chi connectivity index (χ0n) is 17.0. The summed E-state index contributed by atoms with van der Waals surface area (Å²) >= 11 is 0. The Morgan fingerprint density at radius 1 is 1.11 bits per heavy atom. The summed E-state index contributed by atoms with van der Waals surface area (Å²) in [4.78, 5) is 8.99. The molecule has 3 heteroatoms. The summed E-state index contributed by atoms with van der Waals surface area (Å²) < 4.78 is 6.38. The molecule has 28 heavy (non-hydrogen) atoms. The highest BCUT2D eigenvalue weighted by atomic mass is 16.5. The molecule has 0 amide bonds. The van der Waals surface area contributed by atoms with Crippen molar-refractivity contribution in [1.82, 2.24) is 5.32 Å². The fourth-order valence-corrected chi connectivity index (χ4v) is 3.49. The summed E-state index contributed by atoms with van der Waals surface area (Å²) in [7, 11) is 0. The second kappa shape index (κ2) is 11.3. The number of hydrogen-bond acceptors (Lipinski definition) is 3. The number of nitrogens with one attached hydrogen (secondary N) is 1. The zero-order chi connectivity index (χ0) is 20.4. The van der Waals surface area contributed by atoms with Crippen molar-refractivity contribution in [2.45, 2.75) is 57.7 Å². The summed E-state index contributed by atoms with van der Waals surface area (Å²) in [6.07, 6.45) is 6.50. The Hall–Kier alpha value is -2.61. The lowest BCUT2D eigenvalue weighted by atomic mass is 9.92. The molecule has 0 spiro atoms. The highest BCUT2D eigenvalue weighted by Crippen LogP contribution is 2.36. The highest BCUT2D eigenvalue weighted by Gasteiger charge is 2.36. The van der Waals surface area contributed by atoms with Crippen LogP contribution in [0.4, 0.5) is 0 Å². The van der Waals surface area contributed by atoms with Crippen LogP contribution < -0.4 is 10.1 Å². The molecule has 0 heterocycles. The van der Waals surface area contributed by atoms with E-state index in [1.807, 2.05) is 0 Å². The molecule has 2 aromatic rings. The molecule has 2 atom stereocenters. The van der Waals surface area contributed by atoms with Crippen LogP contribution in [0.1, 0.15) is 49.0 Å². The minimum absolute atomic E-state index is 0.125. The molecule has 1 N–H and O–H groups in total. The van der Waals surface area contributed by atoms with E-state index < -0.39 is 0 Å². The third-order valence-electron chi connectivity index (χ3n) is 5.12. The van der Waals surface area contributed by atoms with E-state index in [2.05, 4.69) is 73.9 Å². The fourth-order valence-electron chi connectivity index (χ4n) is 3.49. The van der Waals surface area contributed by atoms with Crippen LogP contribution in [-0.2, 0) is 11.2 Å². The van der Waals surface area contributed by atoms with Gasteiger partial charge in [-0.3, -0.25) is 0 Å². The Bertz CT molecular complexity index is 773. The number of carbonyl (C=O) groups excluding carboxylic acids is 1. The molecular weight excluding hydrogens is 346 g/mol. The van der Waals surface area contributed by atoms with Gasteiger partial charge in [-0.05, 0) is 62.4 Å². The molecule has 0 saturated heterocycles. The van der Waals surface area contributed by atoms with Crippen LogP contribution in [0, 0.1) is 6.92 Å². The molecule has 1 saturated carbocycles. The maximum Gasteiger partial charge on any atom is 0.140 e. The van der Waals surface area contributed by atoms with Crippen LogP contribution in [0.2, 0.25) is 0 Å². The lowest BCUT2D eigenvalue weighted by Gasteiger charge is -2.32. The third-order valence-corrected chi connectivity index (χ3v) is 5.12. The van der Waals surface area contributed by atoms with Gasteiger partial charge in [0.25, 0.3) is 0 Å². The smallest absolute Gasteiger partial charge is 0.140 e. The van der Waals surface area contributed by atoms with Gasteiger partial charge in [0, 0.05) is 6.04 Å². The van der Waals surface area contributed by atoms with Gasteiger partial charge in [0.05, 0.1) is 6.04 Å². The second-order valence-corrected chi connectivity index (χ2v) is 7.06. The van der Waals surface area contributed by atoms with E-state index in [9.17, 15) is 0 Å². The monoisotopic (exact) mass is 377 g/mol. The van der Waals surface area contributed by atoms with E-state index in [1.165, 1.54) is 42.0 Å². The molecule has 1 fully saturated rings. The second-order valence-electron chi connectivity index (χ2n) is 7.06.